The third-order valence-corrected chi connectivity index (χ3v) is 2.78. The second-order valence-electron chi connectivity index (χ2n) is 3.65. The van der Waals surface area contributed by atoms with Gasteiger partial charge in [-0.2, -0.15) is 0 Å². The van der Waals surface area contributed by atoms with Crippen molar-refractivity contribution in [1.82, 2.24) is 0 Å². The molecule has 0 aliphatic carbocycles. The van der Waals surface area contributed by atoms with Gasteiger partial charge >= 0.3 is 42.6 Å². The number of hydrogen-bond acceptors (Lipinski definition) is 1. The number of rotatable bonds is 3. The molecule has 0 saturated heterocycles. The van der Waals surface area contributed by atoms with Crippen molar-refractivity contribution in [3.05, 3.63) is 34.3 Å². The summed E-state index contributed by atoms with van der Waals surface area (Å²) in [6.45, 7) is 4.08. The van der Waals surface area contributed by atoms with Crippen LogP contribution in [0.1, 0.15) is 35.7 Å². The predicted molar refractivity (Wildman–Crippen MR) is 75.7 cm³/mol. The van der Waals surface area contributed by atoms with Crippen LogP contribution < -0.4 is 0 Å². The van der Waals surface area contributed by atoms with E-state index in [1.807, 2.05) is 19.1 Å². The molecule has 1 unspecified atom stereocenters. The Balaban J connectivity index is 0.000000385. The second-order valence-corrected chi connectivity index (χ2v) is 4.58. The van der Waals surface area contributed by atoms with E-state index in [-0.39, 0.29) is 5.52 Å². The standard InChI is InChI=1S/C8H8ClOP.C4H9.Li/c1-5-3-2-4-6(9)7(5)8(10)11;1-3-4-2;/h2-4H,11H2,1H3;1,3-4H2,2H3;. The molecule has 0 radical (unpaired) electrons. The first kappa shape index (κ1) is 16.2. The monoisotopic (exact) mass is 250 g/mol. The van der Waals surface area contributed by atoms with E-state index in [1.165, 1.54) is 17.9 Å². The van der Waals surface area contributed by atoms with Crippen LogP contribution in [-0.4, -0.2) is 23.2 Å². The fraction of sp³-hybridized carbons (Fsp3) is 0.417. The Bertz CT molecular complexity index is 320. The third-order valence-electron chi connectivity index (χ3n) is 2.18. The van der Waals surface area contributed by atoms with Gasteiger partial charge in [-0.15, -0.1) is 0 Å². The minimum atomic E-state index is -0.0619. The van der Waals surface area contributed by atoms with Crippen molar-refractivity contribution >= 4 is 44.1 Å². The fourth-order valence-electron chi connectivity index (χ4n) is 1.30. The first-order valence-electron chi connectivity index (χ1n) is 5.59. The van der Waals surface area contributed by atoms with Crippen molar-refractivity contribution in [3.8, 4) is 0 Å². The number of halogens is 1. The summed E-state index contributed by atoms with van der Waals surface area (Å²) in [4.78, 5) is 11.0. The molecule has 0 amide bonds. The summed E-state index contributed by atoms with van der Waals surface area (Å²) in [7, 11) is 2.12. The maximum atomic E-state index is 11.0. The summed E-state index contributed by atoms with van der Waals surface area (Å²) in [5.74, 6) is 0. The van der Waals surface area contributed by atoms with Gasteiger partial charge in [-0.3, -0.25) is 4.79 Å². The first-order chi connectivity index (χ1) is 7.54. The molecule has 0 aliphatic heterocycles. The van der Waals surface area contributed by atoms with E-state index in [4.69, 9.17) is 11.6 Å². The van der Waals surface area contributed by atoms with Crippen molar-refractivity contribution in [2.45, 2.75) is 31.8 Å². The summed E-state index contributed by atoms with van der Waals surface area (Å²) in [6, 6.07) is 5.41. The van der Waals surface area contributed by atoms with E-state index in [9.17, 15) is 4.79 Å². The first-order valence-corrected chi connectivity index (χ1v) is 6.55. The van der Waals surface area contributed by atoms with Gasteiger partial charge in [0, 0.05) is 5.56 Å². The van der Waals surface area contributed by atoms with Gasteiger partial charge in [-0.05, 0) is 18.6 Å². The van der Waals surface area contributed by atoms with Gasteiger partial charge in [0.25, 0.3) is 0 Å². The van der Waals surface area contributed by atoms with Gasteiger partial charge in [0.2, 0.25) is 0 Å². The van der Waals surface area contributed by atoms with Gasteiger partial charge in [-0.25, -0.2) is 0 Å². The SMILES string of the molecule is Cc1cccc(Cl)c1C(=O)P.[Li][CH2]CCC. The molecule has 0 aromatic heterocycles. The van der Waals surface area contributed by atoms with Gasteiger partial charge in [0.1, 0.15) is 0 Å². The number of aryl methyl sites for hydroxylation is 1. The van der Waals surface area contributed by atoms with Crippen LogP contribution in [0, 0.1) is 6.92 Å². The zero-order valence-electron chi connectivity index (χ0n) is 10.2. The zero-order chi connectivity index (χ0) is 12.6. The average Bonchev–Trinajstić information content (AvgIpc) is 2.19. The number of unbranched alkanes of at least 4 members (excludes halogenated alkanes) is 1. The molecular weight excluding hydrogens is 233 g/mol. The molecule has 0 N–H and O–H groups in total. The molecule has 1 nitrogen and oxygen atoms in total. The van der Waals surface area contributed by atoms with Gasteiger partial charge in [0.05, 0.1) is 5.02 Å². The van der Waals surface area contributed by atoms with Crippen molar-refractivity contribution in [2.75, 3.05) is 0 Å². The Morgan fingerprint density at radius 3 is 2.38 bits per heavy atom. The third kappa shape index (κ3) is 6.07. The number of hydrogen-bond donors (Lipinski definition) is 0. The van der Waals surface area contributed by atoms with Crippen LogP contribution in [0.3, 0.4) is 0 Å². The molecule has 1 aromatic rings. The van der Waals surface area contributed by atoms with Gasteiger partial charge in [-0.1, -0.05) is 33.0 Å². The molecule has 4 heteroatoms. The maximum absolute atomic E-state index is 11.0. The summed E-state index contributed by atoms with van der Waals surface area (Å²) in [5, 5.41) is 1.86. The summed E-state index contributed by atoms with van der Waals surface area (Å²) < 4.78 is 0. The zero-order valence-corrected chi connectivity index (χ0v) is 12.1. The molecule has 0 bridgehead atoms. The molecule has 1 rings (SSSR count). The molecular formula is C12H17ClLiOP. The van der Waals surface area contributed by atoms with Crippen LogP contribution in [0.15, 0.2) is 18.2 Å². The van der Waals surface area contributed by atoms with E-state index >= 15 is 0 Å². The number of carbonyl (C=O) groups is 1. The molecule has 16 heavy (non-hydrogen) atoms. The van der Waals surface area contributed by atoms with Crippen molar-refractivity contribution in [2.24, 2.45) is 0 Å². The quantitative estimate of drug-likeness (QED) is 0.585. The van der Waals surface area contributed by atoms with E-state index < -0.39 is 0 Å². The number of carbonyl (C=O) groups excluding carboxylic acids is 1. The summed E-state index contributed by atoms with van der Waals surface area (Å²) >= 11 is 8.00. The molecule has 84 valence electrons. The second kappa shape index (κ2) is 9.26. The molecule has 1 atom stereocenters. The van der Waals surface area contributed by atoms with Crippen molar-refractivity contribution in [3.63, 3.8) is 0 Å². The molecule has 0 aliphatic rings. The Morgan fingerprint density at radius 1 is 1.50 bits per heavy atom. The normalized spacial score (nSPS) is 9.38. The Labute approximate surface area is 115 Å². The Kier molecular flexibility index (Phi) is 9.38. The van der Waals surface area contributed by atoms with Crippen LogP contribution in [0.4, 0.5) is 0 Å². The Hall–Kier alpha value is 0.207. The van der Waals surface area contributed by atoms with Crippen LogP contribution in [0.25, 0.3) is 0 Å². The molecule has 0 fully saturated rings. The summed E-state index contributed by atoms with van der Waals surface area (Å²) in [5.41, 5.74) is 1.45. The van der Waals surface area contributed by atoms with Crippen LogP contribution >= 0.6 is 20.8 Å². The Morgan fingerprint density at radius 2 is 2.12 bits per heavy atom. The number of benzene rings is 1. The van der Waals surface area contributed by atoms with E-state index in [0.717, 1.165) is 5.56 Å². The van der Waals surface area contributed by atoms with Crippen LogP contribution in [0.2, 0.25) is 10.1 Å². The average molecular weight is 251 g/mol. The molecule has 1 aromatic carbocycles. The van der Waals surface area contributed by atoms with Crippen molar-refractivity contribution < 1.29 is 4.79 Å². The molecule has 0 spiro atoms. The minimum absolute atomic E-state index is 0.0619. The van der Waals surface area contributed by atoms with E-state index in [0.29, 0.717) is 10.6 Å². The van der Waals surface area contributed by atoms with Gasteiger partial charge < -0.3 is 0 Å². The molecule has 0 heterocycles. The van der Waals surface area contributed by atoms with E-state index in [1.54, 1.807) is 6.07 Å². The van der Waals surface area contributed by atoms with Crippen LogP contribution in [-0.2, 0) is 0 Å². The predicted octanol–water partition coefficient (Wildman–Crippen LogP) is 4.04. The van der Waals surface area contributed by atoms with Gasteiger partial charge in [0.15, 0.2) is 5.52 Å². The fourth-order valence-corrected chi connectivity index (χ4v) is 2.09. The van der Waals surface area contributed by atoms with E-state index in [2.05, 4.69) is 33.9 Å². The van der Waals surface area contributed by atoms with Crippen LogP contribution in [0.5, 0.6) is 0 Å². The topological polar surface area (TPSA) is 17.1 Å². The molecule has 0 saturated carbocycles. The summed E-state index contributed by atoms with van der Waals surface area (Å²) in [6.07, 6.45) is 2.73. The van der Waals surface area contributed by atoms with Crippen molar-refractivity contribution in [1.29, 1.82) is 0 Å².